The Morgan fingerprint density at radius 2 is 1.73 bits per heavy atom. The third-order valence-electron chi connectivity index (χ3n) is 3.85. The maximum atomic E-state index is 14.2. The van der Waals surface area contributed by atoms with Gasteiger partial charge in [0.1, 0.15) is 11.5 Å². The number of amides is 1. The molecule has 22 heavy (non-hydrogen) atoms. The van der Waals surface area contributed by atoms with Crippen LogP contribution in [0, 0.1) is 22.9 Å². The van der Waals surface area contributed by atoms with Crippen molar-refractivity contribution < 1.29 is 27.2 Å². The fourth-order valence-electron chi connectivity index (χ4n) is 1.66. The summed E-state index contributed by atoms with van der Waals surface area (Å²) < 4.78 is 54.2. The van der Waals surface area contributed by atoms with Crippen molar-refractivity contribution in [3.05, 3.63) is 35.1 Å². The lowest BCUT2D eigenvalue weighted by atomic mass is 9.77. The van der Waals surface area contributed by atoms with Gasteiger partial charge in [-0.2, -0.15) is 0 Å². The van der Waals surface area contributed by atoms with Crippen molar-refractivity contribution in [2.24, 2.45) is 5.41 Å². The minimum absolute atomic E-state index is 0.395. The van der Waals surface area contributed by atoms with E-state index < -0.39 is 46.6 Å². The molecule has 0 atom stereocenters. The van der Waals surface area contributed by atoms with Crippen LogP contribution >= 0.6 is 0 Å². The van der Waals surface area contributed by atoms with Crippen molar-refractivity contribution in [1.29, 1.82) is 0 Å². The standard InChI is InChI=1S/C15H19F4NO2/c1-14(2,15(3,4)19)13(21)20(22-5)8-9-6-10(16)7-11(17)12(9)18/h6-7H,8H2,1-5H3. The second-order valence-corrected chi connectivity index (χ2v) is 5.98. The van der Waals surface area contributed by atoms with Crippen LogP contribution in [0.5, 0.6) is 0 Å². The SMILES string of the molecule is CON(Cc1cc(F)cc(F)c1F)C(=O)C(C)(C)C(C)(C)F. The molecule has 0 radical (unpaired) electrons. The predicted molar refractivity (Wildman–Crippen MR) is 72.8 cm³/mol. The summed E-state index contributed by atoms with van der Waals surface area (Å²) in [5.74, 6) is -4.41. The summed E-state index contributed by atoms with van der Waals surface area (Å²) in [7, 11) is 1.13. The first-order valence-corrected chi connectivity index (χ1v) is 6.60. The molecule has 124 valence electrons. The van der Waals surface area contributed by atoms with E-state index in [0.717, 1.165) is 13.2 Å². The molecule has 0 aliphatic carbocycles. The molecular weight excluding hydrogens is 302 g/mol. The summed E-state index contributed by atoms with van der Waals surface area (Å²) in [5.41, 5.74) is -3.77. The number of rotatable bonds is 5. The molecule has 0 unspecified atom stereocenters. The second-order valence-electron chi connectivity index (χ2n) is 5.98. The number of carbonyl (C=O) groups is 1. The monoisotopic (exact) mass is 321 g/mol. The van der Waals surface area contributed by atoms with Gasteiger partial charge in [-0.1, -0.05) is 0 Å². The first-order valence-electron chi connectivity index (χ1n) is 6.60. The van der Waals surface area contributed by atoms with Crippen LogP contribution in [0.3, 0.4) is 0 Å². The quantitative estimate of drug-likeness (QED) is 0.469. The summed E-state index contributed by atoms with van der Waals surface area (Å²) >= 11 is 0. The smallest absolute Gasteiger partial charge is 0.255 e. The van der Waals surface area contributed by atoms with Gasteiger partial charge < -0.3 is 0 Å². The molecule has 0 aromatic heterocycles. The van der Waals surface area contributed by atoms with Crippen molar-refractivity contribution >= 4 is 5.91 Å². The maximum Gasteiger partial charge on any atom is 0.255 e. The van der Waals surface area contributed by atoms with E-state index in [4.69, 9.17) is 4.84 Å². The van der Waals surface area contributed by atoms with E-state index in [0.29, 0.717) is 11.1 Å². The van der Waals surface area contributed by atoms with E-state index in [1.54, 1.807) is 0 Å². The number of hydrogen-bond donors (Lipinski definition) is 0. The molecule has 0 aliphatic rings. The molecular formula is C15H19F4NO2. The van der Waals surface area contributed by atoms with Gasteiger partial charge in [-0.05, 0) is 33.8 Å². The van der Waals surface area contributed by atoms with Crippen LogP contribution in [0.25, 0.3) is 0 Å². The fourth-order valence-corrected chi connectivity index (χ4v) is 1.66. The lowest BCUT2D eigenvalue weighted by Crippen LogP contribution is -2.49. The van der Waals surface area contributed by atoms with Crippen LogP contribution in [0.1, 0.15) is 33.3 Å². The highest BCUT2D eigenvalue weighted by Gasteiger charge is 2.46. The van der Waals surface area contributed by atoms with E-state index in [1.807, 2.05) is 0 Å². The first kappa shape index (κ1) is 18.4. The zero-order chi connectivity index (χ0) is 17.3. The maximum absolute atomic E-state index is 14.2. The van der Waals surface area contributed by atoms with E-state index in [2.05, 4.69) is 0 Å². The molecule has 0 saturated carbocycles. The van der Waals surface area contributed by atoms with Gasteiger partial charge >= 0.3 is 0 Å². The highest BCUT2D eigenvalue weighted by atomic mass is 19.2. The van der Waals surface area contributed by atoms with Crippen LogP contribution in [-0.2, 0) is 16.2 Å². The lowest BCUT2D eigenvalue weighted by molar-refractivity contribution is -0.196. The topological polar surface area (TPSA) is 29.5 Å². The van der Waals surface area contributed by atoms with Crippen molar-refractivity contribution in [2.75, 3.05) is 7.11 Å². The molecule has 0 fully saturated rings. The van der Waals surface area contributed by atoms with Crippen molar-refractivity contribution in [3.8, 4) is 0 Å². The van der Waals surface area contributed by atoms with Gasteiger partial charge in [-0.3, -0.25) is 9.63 Å². The Morgan fingerprint density at radius 1 is 1.18 bits per heavy atom. The molecule has 0 saturated heterocycles. The Labute approximate surface area is 126 Å². The van der Waals surface area contributed by atoms with Crippen LogP contribution in [0.4, 0.5) is 17.6 Å². The summed E-state index contributed by atoms with van der Waals surface area (Å²) in [6, 6.07) is 1.15. The van der Waals surface area contributed by atoms with Crippen molar-refractivity contribution in [2.45, 2.75) is 39.9 Å². The highest BCUT2D eigenvalue weighted by Crippen LogP contribution is 2.36. The number of hydroxylamine groups is 2. The molecule has 3 nitrogen and oxygen atoms in total. The zero-order valence-electron chi connectivity index (χ0n) is 13.1. The highest BCUT2D eigenvalue weighted by molar-refractivity contribution is 5.82. The third kappa shape index (κ3) is 3.58. The molecule has 1 rings (SSSR count). The summed E-state index contributed by atoms with van der Waals surface area (Å²) in [6.07, 6.45) is 0. The van der Waals surface area contributed by atoms with Gasteiger partial charge in [0.25, 0.3) is 5.91 Å². The number of carbonyl (C=O) groups excluding carboxylic acids is 1. The van der Waals surface area contributed by atoms with Gasteiger partial charge in [-0.15, -0.1) is 0 Å². The Bertz CT molecular complexity index is 567. The molecule has 1 amide bonds. The van der Waals surface area contributed by atoms with Crippen LogP contribution in [0.2, 0.25) is 0 Å². The van der Waals surface area contributed by atoms with Gasteiger partial charge in [0, 0.05) is 11.6 Å². The minimum atomic E-state index is -1.88. The molecule has 0 heterocycles. The molecule has 0 spiro atoms. The largest absolute Gasteiger partial charge is 0.274 e. The predicted octanol–water partition coefficient (Wildman–Crippen LogP) is 3.77. The zero-order valence-corrected chi connectivity index (χ0v) is 13.1. The number of alkyl halides is 1. The fraction of sp³-hybridized carbons (Fsp3) is 0.533. The number of hydrogen-bond acceptors (Lipinski definition) is 2. The van der Waals surface area contributed by atoms with Gasteiger partial charge in [0.05, 0.1) is 19.1 Å². The molecule has 1 aromatic carbocycles. The van der Waals surface area contributed by atoms with E-state index in [1.165, 1.54) is 27.7 Å². The van der Waals surface area contributed by atoms with Crippen LogP contribution in [-0.4, -0.2) is 23.7 Å². The number of halogens is 4. The van der Waals surface area contributed by atoms with Gasteiger partial charge in [0.2, 0.25) is 0 Å². The van der Waals surface area contributed by atoms with E-state index in [-0.39, 0.29) is 0 Å². The first-order chi connectivity index (χ1) is 9.91. The van der Waals surface area contributed by atoms with Crippen LogP contribution < -0.4 is 0 Å². The summed E-state index contributed by atoms with van der Waals surface area (Å²) in [6.45, 7) is 4.63. The Morgan fingerprint density at radius 3 is 2.18 bits per heavy atom. The average Bonchev–Trinajstić information content (AvgIpc) is 2.38. The Balaban J connectivity index is 3.12. The summed E-state index contributed by atoms with van der Waals surface area (Å²) in [4.78, 5) is 17.2. The minimum Gasteiger partial charge on any atom is -0.274 e. The normalized spacial score (nSPS) is 12.4. The Kier molecular flexibility index (Phi) is 5.22. The van der Waals surface area contributed by atoms with Gasteiger partial charge in [-0.25, -0.2) is 22.6 Å². The third-order valence-corrected chi connectivity index (χ3v) is 3.85. The van der Waals surface area contributed by atoms with Crippen LogP contribution in [0.15, 0.2) is 12.1 Å². The average molecular weight is 321 g/mol. The molecule has 0 N–H and O–H groups in total. The molecule has 0 aliphatic heterocycles. The lowest BCUT2D eigenvalue weighted by Gasteiger charge is -2.36. The number of nitrogens with zero attached hydrogens (tertiary/aromatic N) is 1. The Hall–Kier alpha value is -1.63. The number of benzene rings is 1. The van der Waals surface area contributed by atoms with Crippen molar-refractivity contribution in [1.82, 2.24) is 5.06 Å². The molecule has 1 aromatic rings. The van der Waals surface area contributed by atoms with Gasteiger partial charge in [0.15, 0.2) is 11.6 Å². The summed E-state index contributed by atoms with van der Waals surface area (Å²) in [5, 5.41) is 0.679. The molecule has 7 heteroatoms. The van der Waals surface area contributed by atoms with E-state index >= 15 is 0 Å². The van der Waals surface area contributed by atoms with E-state index in [9.17, 15) is 22.4 Å². The second kappa shape index (κ2) is 6.24. The molecule has 0 bridgehead atoms. The van der Waals surface area contributed by atoms with Crippen molar-refractivity contribution in [3.63, 3.8) is 0 Å².